The summed E-state index contributed by atoms with van der Waals surface area (Å²) in [6, 6.07) is 9.14. The molecular formula is C65H90N8O23. The van der Waals surface area contributed by atoms with Crippen LogP contribution in [0.3, 0.4) is 0 Å². The monoisotopic (exact) mass is 1350 g/mol. The van der Waals surface area contributed by atoms with Crippen molar-refractivity contribution in [3.05, 3.63) is 86.7 Å². The molecule has 96 heavy (non-hydrogen) atoms. The number of carbonyl (C=O) groups is 7. The van der Waals surface area contributed by atoms with Crippen molar-refractivity contribution < 1.29 is 106 Å². The number of aromatic nitrogens is 2. The summed E-state index contributed by atoms with van der Waals surface area (Å²) in [5.41, 5.74) is 7.09. The van der Waals surface area contributed by atoms with E-state index in [2.05, 4.69) is 21.3 Å². The Labute approximate surface area is 554 Å². The standard InChI is InChI=1S/C65H90N8O23/c1-8-65(86)44-32-48-52-42(33-73(48)60(81)43(44)35-93-63(65)84)40(41-11-9-10-12-46(41)69-52)17-19-72(37(4)5)64(85)94-34-39-13-15-47(49(31-39)95-62-55(77)53(75)54(76)56(96-62)61(82)83)70-57(78)38(6)68-59(80)51(36(2)3)71-50(74)16-14-45(66)58(79)67-18-20-88-23-24-90-27-28-92-30-29-91-26-25-89-22-21-87-7/h9-13,15,31-32,36-38,45,51,53-56,62,75-77,86H,8,14,16-30,33-35,66H2,1-7H3,(H,67,79)(H,68,80)(H,70,78)(H,71,74)(H,82,83)/t38-,45-,51-,53-,54-,55+,56-,62+,65-/m0/s1. The third kappa shape index (κ3) is 19.5. The molecule has 31 heteroatoms. The average Bonchev–Trinajstić information content (AvgIpc) is 1.51. The topological polar surface area (TPSA) is 425 Å². The summed E-state index contributed by atoms with van der Waals surface area (Å²) in [4.78, 5) is 113. The van der Waals surface area contributed by atoms with Crippen LogP contribution in [0.5, 0.6) is 5.75 Å². The van der Waals surface area contributed by atoms with Crippen molar-refractivity contribution in [1.29, 1.82) is 0 Å². The number of carboxylic acid groups (broad SMARTS) is 1. The highest BCUT2D eigenvalue weighted by atomic mass is 16.7. The zero-order valence-electron chi connectivity index (χ0n) is 55.0. The molecule has 1 fully saturated rings. The van der Waals surface area contributed by atoms with E-state index in [-0.39, 0.29) is 93.3 Å². The van der Waals surface area contributed by atoms with E-state index < -0.39 is 120 Å². The molecule has 5 amide bonds. The van der Waals surface area contributed by atoms with Gasteiger partial charge in [-0.2, -0.15) is 0 Å². The molecule has 0 saturated carbocycles. The fourth-order valence-corrected chi connectivity index (χ4v) is 10.9. The van der Waals surface area contributed by atoms with Gasteiger partial charge >= 0.3 is 18.0 Å². The Balaban J connectivity index is 0.927. The van der Waals surface area contributed by atoms with Crippen molar-refractivity contribution in [1.82, 2.24) is 30.4 Å². The molecule has 31 nitrogen and oxygen atoms in total. The Morgan fingerprint density at radius 2 is 1.45 bits per heavy atom. The lowest BCUT2D eigenvalue weighted by atomic mass is 9.86. The predicted octanol–water partition coefficient (Wildman–Crippen LogP) is 0.477. The summed E-state index contributed by atoms with van der Waals surface area (Å²) in [5, 5.41) is 64.5. The van der Waals surface area contributed by atoms with Crippen LogP contribution in [0.25, 0.3) is 22.3 Å². The number of carbonyl (C=O) groups excluding carboxylic acids is 6. The molecule has 3 aliphatic rings. The summed E-state index contributed by atoms with van der Waals surface area (Å²) in [7, 11) is 1.61. The van der Waals surface area contributed by atoms with Crippen LogP contribution in [-0.4, -0.2) is 229 Å². The van der Waals surface area contributed by atoms with E-state index in [0.29, 0.717) is 81.9 Å². The van der Waals surface area contributed by atoms with Crippen molar-refractivity contribution in [2.45, 2.75) is 147 Å². The number of aliphatic hydroxyl groups excluding tert-OH is 3. The Bertz CT molecular complexity index is 3410. The van der Waals surface area contributed by atoms with Gasteiger partial charge in [0, 0.05) is 49.2 Å². The number of esters is 1. The first-order chi connectivity index (χ1) is 45.9. The van der Waals surface area contributed by atoms with Crippen LogP contribution in [0.1, 0.15) is 88.6 Å². The SMILES string of the molecule is CC[C@@]1(O)C(=O)OCc2c1cc1n(c2=O)Cc2c-1nc1ccccc1c2CCN(C(=O)OCc1ccc(NC(=O)[C@H](C)NC(=O)[C@@H](NC(=O)CC[C@H](N)C(=O)NCCOCCOCCOCCOCCOCCOC)C(C)C)c(O[C@@H]2O[C@H](C(=O)O)[C@@H](O)[C@H](O)[C@H]2O)c1)C(C)C. The largest absolute Gasteiger partial charge is 0.479 e. The number of hydrogen-bond donors (Lipinski definition) is 10. The predicted molar refractivity (Wildman–Crippen MR) is 341 cm³/mol. The number of benzene rings is 2. The number of fused-ring (bicyclic) bond motifs is 5. The van der Waals surface area contributed by atoms with E-state index >= 15 is 0 Å². The molecule has 2 aromatic carbocycles. The molecule has 0 unspecified atom stereocenters. The van der Waals surface area contributed by atoms with Gasteiger partial charge in [-0.1, -0.05) is 45.0 Å². The van der Waals surface area contributed by atoms with Gasteiger partial charge in [0.2, 0.25) is 29.9 Å². The van der Waals surface area contributed by atoms with Crippen molar-refractivity contribution in [2.75, 3.05) is 98.2 Å². The van der Waals surface area contributed by atoms with Crippen LogP contribution in [0.2, 0.25) is 0 Å². The van der Waals surface area contributed by atoms with E-state index in [1.807, 2.05) is 24.3 Å². The molecule has 7 rings (SSSR count). The number of cyclic esters (lactones) is 1. The maximum absolute atomic E-state index is 14.1. The summed E-state index contributed by atoms with van der Waals surface area (Å²) in [6.07, 6.45) is -11.0. The number of pyridine rings is 2. The molecular weight excluding hydrogens is 1260 g/mol. The van der Waals surface area contributed by atoms with Gasteiger partial charge in [0.05, 0.1) is 113 Å². The third-order valence-electron chi connectivity index (χ3n) is 16.4. The first-order valence-corrected chi connectivity index (χ1v) is 31.9. The van der Waals surface area contributed by atoms with Crippen LogP contribution in [0.4, 0.5) is 10.5 Å². The third-order valence-corrected chi connectivity index (χ3v) is 16.4. The minimum atomic E-state index is -2.07. The highest BCUT2D eigenvalue weighted by Gasteiger charge is 2.49. The number of aliphatic hydroxyl groups is 4. The normalized spacial score (nSPS) is 19.7. The minimum Gasteiger partial charge on any atom is -0.479 e. The number of ether oxygens (including phenoxy) is 10. The van der Waals surface area contributed by atoms with Gasteiger partial charge in [0.25, 0.3) is 5.56 Å². The second kappa shape index (κ2) is 36.0. The zero-order chi connectivity index (χ0) is 69.8. The van der Waals surface area contributed by atoms with Gasteiger partial charge in [-0.05, 0) is 81.3 Å². The molecule has 5 heterocycles. The van der Waals surface area contributed by atoms with Crippen molar-refractivity contribution in [3.63, 3.8) is 0 Å². The van der Waals surface area contributed by atoms with Gasteiger partial charge < -0.3 is 109 Å². The second-order valence-electron chi connectivity index (χ2n) is 23.8. The van der Waals surface area contributed by atoms with Crippen LogP contribution < -0.4 is 37.3 Å². The maximum atomic E-state index is 14.1. The molecule has 2 aromatic heterocycles. The molecule has 0 radical (unpaired) electrons. The molecule has 528 valence electrons. The smallest absolute Gasteiger partial charge is 0.410 e. The molecule has 3 aliphatic heterocycles. The van der Waals surface area contributed by atoms with E-state index in [1.165, 1.54) is 34.6 Å². The van der Waals surface area contributed by atoms with Gasteiger partial charge in [-0.25, -0.2) is 19.4 Å². The highest BCUT2D eigenvalue weighted by Crippen LogP contribution is 2.41. The Morgan fingerprint density at radius 3 is 2.07 bits per heavy atom. The maximum Gasteiger partial charge on any atom is 0.410 e. The van der Waals surface area contributed by atoms with E-state index in [1.54, 1.807) is 47.8 Å². The van der Waals surface area contributed by atoms with Gasteiger partial charge in [-0.3, -0.25) is 24.0 Å². The summed E-state index contributed by atoms with van der Waals surface area (Å²) in [5.74, 6) is -6.02. The van der Waals surface area contributed by atoms with Crippen molar-refractivity contribution >= 4 is 58.3 Å². The van der Waals surface area contributed by atoms with Gasteiger partial charge in [-0.15, -0.1) is 0 Å². The highest BCUT2D eigenvalue weighted by molar-refractivity contribution is 5.99. The van der Waals surface area contributed by atoms with Crippen molar-refractivity contribution in [2.24, 2.45) is 11.7 Å². The van der Waals surface area contributed by atoms with Crippen LogP contribution >= 0.6 is 0 Å². The molecule has 0 bridgehead atoms. The lowest BCUT2D eigenvalue weighted by Crippen LogP contribution is -2.61. The minimum absolute atomic E-state index is 0.0301. The fraction of sp³-hybridized carbons (Fsp3) is 0.585. The number of para-hydroxylation sites is 1. The number of nitrogens with one attached hydrogen (secondary N) is 4. The summed E-state index contributed by atoms with van der Waals surface area (Å²) < 4.78 is 56.0. The lowest BCUT2D eigenvalue weighted by Gasteiger charge is -2.38. The second-order valence-corrected chi connectivity index (χ2v) is 23.8. The first kappa shape index (κ1) is 75.6. The Morgan fingerprint density at radius 1 is 0.802 bits per heavy atom. The van der Waals surface area contributed by atoms with E-state index in [4.69, 9.17) is 58.1 Å². The Kier molecular flexibility index (Phi) is 28.3. The molecule has 0 spiro atoms. The number of methoxy groups -OCH3 is 1. The fourth-order valence-electron chi connectivity index (χ4n) is 10.9. The summed E-state index contributed by atoms with van der Waals surface area (Å²) in [6.45, 7) is 13.9. The molecule has 11 N–H and O–H groups in total. The van der Waals surface area contributed by atoms with Crippen molar-refractivity contribution in [3.8, 4) is 17.1 Å². The first-order valence-electron chi connectivity index (χ1n) is 31.9. The number of rotatable bonds is 38. The number of aliphatic carboxylic acids is 1. The number of nitrogens with zero attached hydrogens (tertiary/aromatic N) is 3. The average molecular weight is 1350 g/mol. The molecule has 9 atom stereocenters. The zero-order valence-corrected chi connectivity index (χ0v) is 55.0. The molecule has 1 saturated heterocycles. The van der Waals surface area contributed by atoms with Crippen LogP contribution in [-0.2, 0) is 103 Å². The number of carboxylic acids is 1. The summed E-state index contributed by atoms with van der Waals surface area (Å²) >= 11 is 0. The van der Waals surface area contributed by atoms with E-state index in [9.17, 15) is 63.9 Å². The molecule has 0 aliphatic carbocycles. The van der Waals surface area contributed by atoms with Crippen LogP contribution in [0, 0.1) is 5.92 Å². The quantitative estimate of drug-likeness (QED) is 0.0190. The lowest BCUT2D eigenvalue weighted by molar-refractivity contribution is -0.271. The van der Waals surface area contributed by atoms with Gasteiger partial charge in [0.1, 0.15) is 49.4 Å². The molecule has 4 aromatic rings. The Hall–Kier alpha value is -7.79. The van der Waals surface area contributed by atoms with Gasteiger partial charge in [0.15, 0.2) is 11.7 Å². The van der Waals surface area contributed by atoms with Crippen LogP contribution in [0.15, 0.2) is 53.3 Å². The number of amides is 5. The van der Waals surface area contributed by atoms with E-state index in [0.717, 1.165) is 10.9 Å². The number of anilines is 1. The number of nitrogens with two attached hydrogens (primary N) is 1. The number of hydrogen-bond acceptors (Lipinski definition) is 24.